The molecule has 0 aliphatic carbocycles. The van der Waals surface area contributed by atoms with Gasteiger partial charge in [-0.15, -0.1) is 0 Å². The Morgan fingerprint density at radius 2 is 2.00 bits per heavy atom. The van der Waals surface area contributed by atoms with Crippen molar-refractivity contribution in [2.24, 2.45) is 5.73 Å². The summed E-state index contributed by atoms with van der Waals surface area (Å²) >= 11 is 0. The van der Waals surface area contributed by atoms with Gasteiger partial charge >= 0.3 is 0 Å². The molecule has 2 heterocycles. The van der Waals surface area contributed by atoms with Gasteiger partial charge in [-0.25, -0.2) is 4.39 Å². The van der Waals surface area contributed by atoms with E-state index in [0.29, 0.717) is 0 Å². The topological polar surface area (TPSA) is 55.0 Å². The van der Waals surface area contributed by atoms with Gasteiger partial charge in [-0.05, 0) is 42.8 Å². The quantitative estimate of drug-likeness (QED) is 0.850. The summed E-state index contributed by atoms with van der Waals surface area (Å²) in [5.41, 5.74) is 8.09. The number of rotatable bonds is 7. The summed E-state index contributed by atoms with van der Waals surface area (Å²) in [5.74, 6) is -0.334. The van der Waals surface area contributed by atoms with Crippen LogP contribution >= 0.6 is 0 Å². The number of aromatic nitrogens is 2. The van der Waals surface area contributed by atoms with E-state index >= 15 is 0 Å². The van der Waals surface area contributed by atoms with Crippen LogP contribution in [0, 0.1) is 5.82 Å². The number of hydrogen-bond donors (Lipinski definition) is 1. The van der Waals surface area contributed by atoms with Crippen LogP contribution in [0.3, 0.4) is 0 Å². The number of nitrogens with two attached hydrogens (primary N) is 1. The van der Waals surface area contributed by atoms with Crippen LogP contribution in [0.5, 0.6) is 0 Å². The second-order valence-corrected chi connectivity index (χ2v) is 5.02. The molecule has 0 saturated carbocycles. The van der Waals surface area contributed by atoms with Crippen molar-refractivity contribution < 1.29 is 4.39 Å². The molecule has 0 bridgehead atoms. The Morgan fingerprint density at radius 3 is 2.62 bits per heavy atom. The third-order valence-electron chi connectivity index (χ3n) is 3.49. The smallest absolute Gasteiger partial charge is 0.141 e. The summed E-state index contributed by atoms with van der Waals surface area (Å²) in [6, 6.07) is 6.92. The average molecular weight is 288 g/mol. The Morgan fingerprint density at radius 1 is 1.24 bits per heavy atom. The van der Waals surface area contributed by atoms with Crippen LogP contribution in [0.1, 0.15) is 30.6 Å². The molecule has 112 valence electrons. The van der Waals surface area contributed by atoms with Gasteiger partial charge in [0.2, 0.25) is 0 Å². The summed E-state index contributed by atoms with van der Waals surface area (Å²) in [6.45, 7) is 4.83. The normalized spacial score (nSPS) is 12.6. The molecule has 2 aromatic rings. The molecule has 4 nitrogen and oxygen atoms in total. The number of halogens is 1. The van der Waals surface area contributed by atoms with Gasteiger partial charge in [0.25, 0.3) is 0 Å². The molecule has 21 heavy (non-hydrogen) atoms. The SMILES string of the molecule is CCN(CCC(N)c1ccc(F)cn1)Cc1ccncc1. The lowest BCUT2D eigenvalue weighted by molar-refractivity contribution is 0.267. The first-order valence-electron chi connectivity index (χ1n) is 7.17. The van der Waals surface area contributed by atoms with Gasteiger partial charge in [0.15, 0.2) is 0 Å². The lowest BCUT2D eigenvalue weighted by Crippen LogP contribution is -2.27. The van der Waals surface area contributed by atoms with Crippen LogP contribution in [0.2, 0.25) is 0 Å². The van der Waals surface area contributed by atoms with Gasteiger partial charge < -0.3 is 5.73 Å². The first-order chi connectivity index (χ1) is 10.2. The summed E-state index contributed by atoms with van der Waals surface area (Å²) < 4.78 is 12.8. The third-order valence-corrected chi connectivity index (χ3v) is 3.49. The Labute approximate surface area is 124 Å². The monoisotopic (exact) mass is 288 g/mol. The van der Waals surface area contributed by atoms with E-state index in [1.54, 1.807) is 18.5 Å². The highest BCUT2D eigenvalue weighted by Crippen LogP contribution is 2.13. The van der Waals surface area contributed by atoms with Gasteiger partial charge in [0, 0.05) is 31.5 Å². The summed E-state index contributed by atoms with van der Waals surface area (Å²) in [4.78, 5) is 10.4. The van der Waals surface area contributed by atoms with E-state index in [0.717, 1.165) is 31.7 Å². The summed E-state index contributed by atoms with van der Waals surface area (Å²) in [5, 5.41) is 0. The molecule has 5 heteroatoms. The van der Waals surface area contributed by atoms with Crippen LogP contribution < -0.4 is 5.73 Å². The lowest BCUT2D eigenvalue weighted by atomic mass is 10.1. The van der Waals surface area contributed by atoms with E-state index in [-0.39, 0.29) is 11.9 Å². The fraction of sp³-hybridized carbons (Fsp3) is 0.375. The maximum Gasteiger partial charge on any atom is 0.141 e. The van der Waals surface area contributed by atoms with Crippen molar-refractivity contribution in [2.45, 2.75) is 25.9 Å². The van der Waals surface area contributed by atoms with Gasteiger partial charge in [-0.1, -0.05) is 6.92 Å². The number of pyridine rings is 2. The molecule has 1 unspecified atom stereocenters. The molecular formula is C16H21FN4. The van der Waals surface area contributed by atoms with Crippen molar-refractivity contribution in [1.29, 1.82) is 0 Å². The molecule has 2 N–H and O–H groups in total. The van der Waals surface area contributed by atoms with Gasteiger partial charge in [0.05, 0.1) is 11.9 Å². The van der Waals surface area contributed by atoms with Crippen molar-refractivity contribution in [3.05, 3.63) is 59.9 Å². The van der Waals surface area contributed by atoms with Crippen molar-refractivity contribution in [3.8, 4) is 0 Å². The molecule has 1 atom stereocenters. The predicted octanol–water partition coefficient (Wildman–Crippen LogP) is 2.53. The molecule has 0 aliphatic rings. The molecule has 0 aliphatic heterocycles. The summed E-state index contributed by atoms with van der Waals surface area (Å²) in [7, 11) is 0. The minimum Gasteiger partial charge on any atom is -0.323 e. The Balaban J connectivity index is 1.86. The summed E-state index contributed by atoms with van der Waals surface area (Å²) in [6.07, 6.45) is 5.61. The van der Waals surface area contributed by atoms with Crippen LogP contribution in [0.4, 0.5) is 4.39 Å². The Hall–Kier alpha value is -1.85. The number of hydrogen-bond acceptors (Lipinski definition) is 4. The largest absolute Gasteiger partial charge is 0.323 e. The average Bonchev–Trinajstić information content (AvgIpc) is 2.52. The molecule has 0 spiro atoms. The molecule has 0 radical (unpaired) electrons. The van der Waals surface area contributed by atoms with Crippen molar-refractivity contribution in [2.75, 3.05) is 13.1 Å². The highest BCUT2D eigenvalue weighted by atomic mass is 19.1. The van der Waals surface area contributed by atoms with Crippen molar-refractivity contribution >= 4 is 0 Å². The van der Waals surface area contributed by atoms with E-state index < -0.39 is 0 Å². The first kappa shape index (κ1) is 15.5. The standard InChI is InChI=1S/C16H21FN4/c1-2-21(12-13-5-8-19-9-6-13)10-7-15(18)16-4-3-14(17)11-20-16/h3-6,8-9,11,15H,2,7,10,12,18H2,1H3. The van der Waals surface area contributed by atoms with Gasteiger partial charge in [-0.3, -0.25) is 14.9 Å². The van der Waals surface area contributed by atoms with Crippen molar-refractivity contribution in [1.82, 2.24) is 14.9 Å². The second kappa shape index (κ2) is 7.81. The van der Waals surface area contributed by atoms with Gasteiger partial charge in [0.1, 0.15) is 5.82 Å². The fourth-order valence-corrected chi connectivity index (χ4v) is 2.17. The van der Waals surface area contributed by atoms with E-state index in [1.807, 2.05) is 12.1 Å². The highest BCUT2D eigenvalue weighted by molar-refractivity contribution is 5.10. The minimum absolute atomic E-state index is 0.169. The highest BCUT2D eigenvalue weighted by Gasteiger charge is 2.10. The number of nitrogens with zero attached hydrogens (tertiary/aromatic N) is 3. The molecule has 0 amide bonds. The van der Waals surface area contributed by atoms with E-state index in [2.05, 4.69) is 21.8 Å². The first-order valence-corrected chi connectivity index (χ1v) is 7.17. The zero-order chi connectivity index (χ0) is 15.1. The third kappa shape index (κ3) is 4.88. The van der Waals surface area contributed by atoms with Gasteiger partial charge in [-0.2, -0.15) is 0 Å². The minimum atomic E-state index is -0.334. The van der Waals surface area contributed by atoms with E-state index in [4.69, 9.17) is 5.73 Å². The van der Waals surface area contributed by atoms with Crippen LogP contribution in [0.15, 0.2) is 42.9 Å². The zero-order valence-corrected chi connectivity index (χ0v) is 12.2. The maximum atomic E-state index is 12.8. The zero-order valence-electron chi connectivity index (χ0n) is 12.2. The predicted molar refractivity (Wildman–Crippen MR) is 80.9 cm³/mol. The Bertz CT molecular complexity index is 530. The maximum absolute atomic E-state index is 12.8. The molecule has 0 fully saturated rings. The Kier molecular flexibility index (Phi) is 5.78. The molecule has 2 aromatic heterocycles. The fourth-order valence-electron chi connectivity index (χ4n) is 2.17. The molecule has 0 saturated heterocycles. The van der Waals surface area contributed by atoms with Crippen molar-refractivity contribution in [3.63, 3.8) is 0 Å². The van der Waals surface area contributed by atoms with Crippen LogP contribution in [0.25, 0.3) is 0 Å². The van der Waals surface area contributed by atoms with Crippen LogP contribution in [-0.2, 0) is 6.54 Å². The molecule has 2 rings (SSSR count). The van der Waals surface area contributed by atoms with Crippen LogP contribution in [-0.4, -0.2) is 28.0 Å². The second-order valence-electron chi connectivity index (χ2n) is 5.02. The lowest BCUT2D eigenvalue weighted by Gasteiger charge is -2.22. The van der Waals surface area contributed by atoms with E-state index in [9.17, 15) is 4.39 Å². The molecular weight excluding hydrogens is 267 g/mol. The van der Waals surface area contributed by atoms with E-state index in [1.165, 1.54) is 17.8 Å². The molecule has 0 aromatic carbocycles.